The number of aromatic amines is 1. The minimum Gasteiger partial charge on any atom is -0.475 e. The second kappa shape index (κ2) is 2.30. The van der Waals surface area contributed by atoms with Gasteiger partial charge in [-0.25, -0.2) is 14.8 Å². The number of nitrogens with one attached hydrogen (secondary N) is 1. The summed E-state index contributed by atoms with van der Waals surface area (Å²) in [7, 11) is 0. The molecule has 2 rings (SSSR count). The molecule has 0 aliphatic heterocycles. The highest BCUT2D eigenvalue weighted by atomic mass is 16.4. The van der Waals surface area contributed by atoms with Crippen molar-refractivity contribution in [1.82, 2.24) is 15.0 Å². The van der Waals surface area contributed by atoms with Crippen LogP contribution in [-0.4, -0.2) is 26.0 Å². The van der Waals surface area contributed by atoms with E-state index in [1.807, 2.05) is 0 Å². The molecule has 0 saturated heterocycles. The van der Waals surface area contributed by atoms with E-state index in [0.717, 1.165) is 5.39 Å². The molecule has 0 aliphatic rings. The quantitative estimate of drug-likeness (QED) is 0.647. The topological polar surface area (TPSA) is 78.9 Å². The first-order valence-corrected chi connectivity index (χ1v) is 3.30. The van der Waals surface area contributed by atoms with Crippen molar-refractivity contribution in [3.63, 3.8) is 0 Å². The normalized spacial score (nSPS) is 10.3. The van der Waals surface area contributed by atoms with Gasteiger partial charge >= 0.3 is 5.97 Å². The van der Waals surface area contributed by atoms with Crippen molar-refractivity contribution in [2.75, 3.05) is 0 Å². The molecule has 0 saturated carbocycles. The van der Waals surface area contributed by atoms with Gasteiger partial charge in [0.05, 0.1) is 5.52 Å². The van der Waals surface area contributed by atoms with Crippen LogP contribution in [0.2, 0.25) is 0 Å². The second-order valence-corrected chi connectivity index (χ2v) is 2.29. The van der Waals surface area contributed by atoms with E-state index in [1.54, 1.807) is 12.4 Å². The van der Waals surface area contributed by atoms with Crippen LogP contribution in [0.4, 0.5) is 0 Å². The number of carbonyl (C=O) groups is 1. The average Bonchev–Trinajstić information content (AvgIpc) is 2.49. The summed E-state index contributed by atoms with van der Waals surface area (Å²) in [6.07, 6.45) is 4.81. The van der Waals surface area contributed by atoms with E-state index in [1.165, 1.54) is 6.20 Å². The number of carboxylic acids is 1. The fourth-order valence-corrected chi connectivity index (χ4v) is 0.945. The highest BCUT2D eigenvalue weighted by molar-refractivity contribution is 5.86. The summed E-state index contributed by atoms with van der Waals surface area (Å²) in [6.45, 7) is 0. The Labute approximate surface area is 67.1 Å². The first-order valence-electron chi connectivity index (χ1n) is 3.30. The Kier molecular flexibility index (Phi) is 1.30. The van der Waals surface area contributed by atoms with E-state index in [4.69, 9.17) is 5.11 Å². The second-order valence-electron chi connectivity index (χ2n) is 2.29. The van der Waals surface area contributed by atoms with E-state index in [2.05, 4.69) is 15.0 Å². The maximum Gasteiger partial charge on any atom is 0.373 e. The molecule has 0 aromatic carbocycles. The van der Waals surface area contributed by atoms with Crippen molar-refractivity contribution >= 4 is 16.9 Å². The van der Waals surface area contributed by atoms with Crippen LogP contribution in [0.15, 0.2) is 18.6 Å². The van der Waals surface area contributed by atoms with Crippen molar-refractivity contribution in [3.8, 4) is 0 Å². The number of hydrogen-bond donors (Lipinski definition) is 2. The minimum absolute atomic E-state index is 0.179. The first-order chi connectivity index (χ1) is 5.77. The Balaban J connectivity index is 2.68. The van der Waals surface area contributed by atoms with Crippen LogP contribution in [0.1, 0.15) is 10.6 Å². The lowest BCUT2D eigenvalue weighted by Gasteiger charge is -1.90. The summed E-state index contributed by atoms with van der Waals surface area (Å²) in [6, 6.07) is 0. The summed E-state index contributed by atoms with van der Waals surface area (Å²) in [5.41, 5.74) is 0.613. The van der Waals surface area contributed by atoms with Gasteiger partial charge in [-0.3, -0.25) is 0 Å². The molecule has 0 aliphatic carbocycles. The zero-order valence-electron chi connectivity index (χ0n) is 5.98. The molecule has 5 heteroatoms. The van der Waals surface area contributed by atoms with Crippen molar-refractivity contribution in [2.45, 2.75) is 0 Å². The maximum atomic E-state index is 10.4. The predicted molar refractivity (Wildman–Crippen MR) is 40.8 cm³/mol. The molecule has 2 aromatic heterocycles. The molecule has 0 atom stereocenters. The monoisotopic (exact) mass is 163 g/mol. The fraction of sp³-hybridized carbons (Fsp3) is 0. The van der Waals surface area contributed by atoms with Gasteiger partial charge < -0.3 is 10.1 Å². The molecule has 0 unspecified atom stereocenters. The third-order valence-electron chi connectivity index (χ3n) is 1.50. The molecule has 0 spiro atoms. The van der Waals surface area contributed by atoms with Crippen LogP contribution in [0.3, 0.4) is 0 Å². The summed E-state index contributed by atoms with van der Waals surface area (Å²) in [4.78, 5) is 20.7. The van der Waals surface area contributed by atoms with Crippen molar-refractivity contribution < 1.29 is 9.90 Å². The van der Waals surface area contributed by atoms with Gasteiger partial charge in [0.15, 0.2) is 0 Å². The Morgan fingerprint density at radius 3 is 3.08 bits per heavy atom. The van der Waals surface area contributed by atoms with E-state index >= 15 is 0 Å². The van der Waals surface area contributed by atoms with Gasteiger partial charge in [0, 0.05) is 24.0 Å². The number of rotatable bonds is 1. The van der Waals surface area contributed by atoms with Gasteiger partial charge in [0.25, 0.3) is 0 Å². The standard InChI is InChI=1S/C7H5N3O2/c11-7(12)6-9-2-4-1-8-3-5(4)10-6/h1-3,8H,(H,11,12). The first kappa shape index (κ1) is 6.78. The van der Waals surface area contributed by atoms with Crippen LogP contribution in [0.25, 0.3) is 10.9 Å². The van der Waals surface area contributed by atoms with Gasteiger partial charge in [0.1, 0.15) is 0 Å². The Bertz CT molecular complexity index is 435. The molecule has 0 amide bonds. The Hall–Kier alpha value is -1.91. The summed E-state index contributed by atoms with van der Waals surface area (Å²) in [5.74, 6) is -1.29. The number of fused-ring (bicyclic) bond motifs is 1. The van der Waals surface area contributed by atoms with Crippen LogP contribution >= 0.6 is 0 Å². The fourth-order valence-electron chi connectivity index (χ4n) is 0.945. The molecular weight excluding hydrogens is 158 g/mol. The number of H-pyrrole nitrogens is 1. The molecule has 0 fully saturated rings. The summed E-state index contributed by atoms with van der Waals surface area (Å²) in [5, 5.41) is 9.35. The van der Waals surface area contributed by atoms with Gasteiger partial charge in [-0.2, -0.15) is 0 Å². The molecular formula is C7H5N3O2. The van der Waals surface area contributed by atoms with Gasteiger partial charge in [-0.1, -0.05) is 0 Å². The van der Waals surface area contributed by atoms with Crippen molar-refractivity contribution in [1.29, 1.82) is 0 Å². The minimum atomic E-state index is -1.11. The smallest absolute Gasteiger partial charge is 0.373 e. The number of carboxylic acid groups (broad SMARTS) is 1. The van der Waals surface area contributed by atoms with Crippen LogP contribution in [0.5, 0.6) is 0 Å². The SMILES string of the molecule is O=C(O)c1ncc2c[nH]cc2n1. The highest BCUT2D eigenvalue weighted by Crippen LogP contribution is 2.07. The number of nitrogens with zero attached hydrogens (tertiary/aromatic N) is 2. The van der Waals surface area contributed by atoms with E-state index in [0.29, 0.717) is 5.52 Å². The molecule has 60 valence electrons. The zero-order valence-corrected chi connectivity index (χ0v) is 5.98. The third kappa shape index (κ3) is 0.914. The molecule has 12 heavy (non-hydrogen) atoms. The van der Waals surface area contributed by atoms with Crippen LogP contribution < -0.4 is 0 Å². The molecule has 0 bridgehead atoms. The Morgan fingerprint density at radius 1 is 1.50 bits per heavy atom. The van der Waals surface area contributed by atoms with Crippen LogP contribution in [0, 0.1) is 0 Å². The van der Waals surface area contributed by atoms with Gasteiger partial charge in [-0.05, 0) is 0 Å². The molecule has 2 heterocycles. The van der Waals surface area contributed by atoms with Crippen molar-refractivity contribution in [2.24, 2.45) is 0 Å². The lowest BCUT2D eigenvalue weighted by Crippen LogP contribution is -2.02. The van der Waals surface area contributed by atoms with Crippen LogP contribution in [-0.2, 0) is 0 Å². The zero-order chi connectivity index (χ0) is 8.55. The summed E-state index contributed by atoms with van der Waals surface area (Å²) >= 11 is 0. The Morgan fingerprint density at radius 2 is 2.33 bits per heavy atom. The highest BCUT2D eigenvalue weighted by Gasteiger charge is 2.06. The maximum absolute atomic E-state index is 10.4. The van der Waals surface area contributed by atoms with Gasteiger partial charge in [-0.15, -0.1) is 0 Å². The lowest BCUT2D eigenvalue weighted by molar-refractivity contribution is 0.0684. The molecule has 5 nitrogen and oxygen atoms in total. The lowest BCUT2D eigenvalue weighted by atomic mass is 10.4. The van der Waals surface area contributed by atoms with Gasteiger partial charge in [0.2, 0.25) is 5.82 Å². The average molecular weight is 163 g/mol. The number of aromatic carboxylic acids is 1. The van der Waals surface area contributed by atoms with Crippen molar-refractivity contribution in [3.05, 3.63) is 24.4 Å². The largest absolute Gasteiger partial charge is 0.475 e. The molecule has 2 N–H and O–H groups in total. The predicted octanol–water partition coefficient (Wildman–Crippen LogP) is 0.656. The number of aromatic nitrogens is 3. The van der Waals surface area contributed by atoms with E-state index in [-0.39, 0.29) is 5.82 Å². The third-order valence-corrected chi connectivity index (χ3v) is 1.50. The van der Waals surface area contributed by atoms with E-state index in [9.17, 15) is 4.79 Å². The van der Waals surface area contributed by atoms with E-state index < -0.39 is 5.97 Å². The summed E-state index contributed by atoms with van der Waals surface area (Å²) < 4.78 is 0. The number of hydrogen-bond acceptors (Lipinski definition) is 3. The molecule has 2 aromatic rings. The molecule has 0 radical (unpaired) electrons.